The predicted molar refractivity (Wildman–Crippen MR) is 113 cm³/mol. The van der Waals surface area contributed by atoms with E-state index in [2.05, 4.69) is 15.2 Å². The molecular formula is C23H28N4O2. The van der Waals surface area contributed by atoms with Gasteiger partial charge in [0.15, 0.2) is 0 Å². The van der Waals surface area contributed by atoms with E-state index in [1.165, 1.54) is 25.7 Å². The van der Waals surface area contributed by atoms with Gasteiger partial charge < -0.3 is 10.2 Å². The van der Waals surface area contributed by atoms with E-state index in [1.54, 1.807) is 23.2 Å². The number of carbonyl (C=O) groups is 2. The molecule has 6 nitrogen and oxygen atoms in total. The lowest BCUT2D eigenvalue weighted by Gasteiger charge is -2.25. The number of fused-ring (bicyclic) bond motifs is 1. The highest BCUT2D eigenvalue weighted by Crippen LogP contribution is 2.37. The summed E-state index contributed by atoms with van der Waals surface area (Å²) < 4.78 is 0. The molecule has 4 rings (SSSR count). The number of amides is 2. The number of benzene rings is 1. The molecule has 1 saturated heterocycles. The summed E-state index contributed by atoms with van der Waals surface area (Å²) in [5, 5.41) is 3.05. The van der Waals surface area contributed by atoms with Crippen LogP contribution in [0.1, 0.15) is 54.2 Å². The number of rotatable bonds is 6. The SMILES string of the molecule is O=C(C[C@H]1c2ncccc2C(=O)N1c1ccccc1)NCCN1CCCCCC1. The van der Waals surface area contributed by atoms with Gasteiger partial charge in [0.25, 0.3) is 5.91 Å². The highest BCUT2D eigenvalue weighted by atomic mass is 16.2. The highest BCUT2D eigenvalue weighted by Gasteiger charge is 2.39. The van der Waals surface area contributed by atoms with E-state index in [0.29, 0.717) is 17.8 Å². The van der Waals surface area contributed by atoms with Crippen molar-refractivity contribution in [1.82, 2.24) is 15.2 Å². The lowest BCUT2D eigenvalue weighted by atomic mass is 10.1. The summed E-state index contributed by atoms with van der Waals surface area (Å²) in [5.41, 5.74) is 2.06. The minimum absolute atomic E-state index is 0.0444. The first-order valence-corrected chi connectivity index (χ1v) is 10.6. The molecule has 0 saturated carbocycles. The quantitative estimate of drug-likeness (QED) is 0.820. The molecule has 2 aliphatic heterocycles. The van der Waals surface area contributed by atoms with Crippen LogP contribution in [0.3, 0.4) is 0 Å². The average molecular weight is 393 g/mol. The number of anilines is 1. The second-order valence-corrected chi connectivity index (χ2v) is 7.77. The number of para-hydroxylation sites is 1. The number of hydrogen-bond donors (Lipinski definition) is 1. The van der Waals surface area contributed by atoms with Gasteiger partial charge in [0.1, 0.15) is 0 Å². The summed E-state index contributed by atoms with van der Waals surface area (Å²) in [6.07, 6.45) is 7.00. The van der Waals surface area contributed by atoms with Gasteiger partial charge in [-0.3, -0.25) is 19.5 Å². The fraction of sp³-hybridized carbons (Fsp3) is 0.435. The van der Waals surface area contributed by atoms with Gasteiger partial charge in [-0.25, -0.2) is 0 Å². The second-order valence-electron chi connectivity index (χ2n) is 7.77. The summed E-state index contributed by atoms with van der Waals surface area (Å²) in [5.74, 6) is -0.140. The molecule has 1 atom stereocenters. The second kappa shape index (κ2) is 9.18. The van der Waals surface area contributed by atoms with Crippen molar-refractivity contribution in [3.63, 3.8) is 0 Å². The van der Waals surface area contributed by atoms with Crippen LogP contribution in [0.25, 0.3) is 0 Å². The maximum Gasteiger partial charge on any atom is 0.260 e. The molecule has 0 radical (unpaired) electrons. The van der Waals surface area contributed by atoms with E-state index in [9.17, 15) is 9.59 Å². The predicted octanol–water partition coefficient (Wildman–Crippen LogP) is 3.17. The van der Waals surface area contributed by atoms with Gasteiger partial charge in [0, 0.05) is 25.0 Å². The summed E-state index contributed by atoms with van der Waals surface area (Å²) >= 11 is 0. The smallest absolute Gasteiger partial charge is 0.260 e. The molecule has 29 heavy (non-hydrogen) atoms. The third kappa shape index (κ3) is 4.48. The minimum atomic E-state index is -0.376. The third-order valence-electron chi connectivity index (χ3n) is 5.78. The van der Waals surface area contributed by atoms with Gasteiger partial charge in [-0.2, -0.15) is 0 Å². The van der Waals surface area contributed by atoms with E-state index in [4.69, 9.17) is 0 Å². The number of nitrogens with one attached hydrogen (secondary N) is 1. The standard InChI is InChI=1S/C23H28N4O2/c28-21(24-13-16-26-14-6-1-2-7-15-26)17-20-22-19(11-8-12-25-22)23(29)27(20)18-9-4-3-5-10-18/h3-5,8-12,20H,1-2,6-7,13-17H2,(H,24,28)/t20-/m0/s1. The van der Waals surface area contributed by atoms with Crippen LogP contribution >= 0.6 is 0 Å². The Bertz CT molecular complexity index is 847. The number of aromatic nitrogens is 1. The molecule has 152 valence electrons. The Morgan fingerprint density at radius 3 is 2.55 bits per heavy atom. The van der Waals surface area contributed by atoms with Gasteiger partial charge in [-0.05, 0) is 50.2 Å². The molecule has 0 spiro atoms. The third-order valence-corrected chi connectivity index (χ3v) is 5.78. The molecular weight excluding hydrogens is 364 g/mol. The molecule has 0 unspecified atom stereocenters. The Morgan fingerprint density at radius 2 is 1.79 bits per heavy atom. The van der Waals surface area contributed by atoms with Crippen LogP contribution in [0.15, 0.2) is 48.7 Å². The molecule has 1 aromatic heterocycles. The molecule has 1 aromatic carbocycles. The van der Waals surface area contributed by atoms with Crippen molar-refractivity contribution in [2.24, 2.45) is 0 Å². The van der Waals surface area contributed by atoms with Gasteiger partial charge >= 0.3 is 0 Å². The molecule has 2 aliphatic rings. The monoisotopic (exact) mass is 392 g/mol. The maximum absolute atomic E-state index is 13.0. The summed E-state index contributed by atoms with van der Waals surface area (Å²) in [7, 11) is 0. The minimum Gasteiger partial charge on any atom is -0.355 e. The van der Waals surface area contributed by atoms with Crippen molar-refractivity contribution in [1.29, 1.82) is 0 Å². The molecule has 2 amide bonds. The number of carbonyl (C=O) groups excluding carboxylic acids is 2. The number of hydrogen-bond acceptors (Lipinski definition) is 4. The summed E-state index contributed by atoms with van der Waals surface area (Å²) in [6, 6.07) is 12.7. The highest BCUT2D eigenvalue weighted by molar-refractivity contribution is 6.11. The number of nitrogens with zero attached hydrogens (tertiary/aromatic N) is 3. The fourth-order valence-corrected chi connectivity index (χ4v) is 4.29. The first-order chi connectivity index (χ1) is 14.2. The van der Waals surface area contributed by atoms with Crippen LogP contribution in [0.4, 0.5) is 5.69 Å². The average Bonchev–Trinajstić information content (AvgIpc) is 2.90. The Hall–Kier alpha value is -2.73. The van der Waals surface area contributed by atoms with Gasteiger partial charge in [0.05, 0.1) is 23.7 Å². The number of pyridine rings is 1. The van der Waals surface area contributed by atoms with Crippen molar-refractivity contribution in [2.45, 2.75) is 38.1 Å². The van der Waals surface area contributed by atoms with Crippen LogP contribution in [-0.2, 0) is 4.79 Å². The first kappa shape index (κ1) is 19.6. The zero-order valence-corrected chi connectivity index (χ0v) is 16.7. The van der Waals surface area contributed by atoms with Gasteiger partial charge in [-0.1, -0.05) is 31.0 Å². The van der Waals surface area contributed by atoms with E-state index >= 15 is 0 Å². The summed E-state index contributed by atoms with van der Waals surface area (Å²) in [4.78, 5) is 34.3. The normalized spacial score (nSPS) is 19.7. The fourth-order valence-electron chi connectivity index (χ4n) is 4.29. The van der Waals surface area contributed by atoms with Gasteiger partial charge in [0.2, 0.25) is 5.91 Å². The molecule has 0 aliphatic carbocycles. The lowest BCUT2D eigenvalue weighted by molar-refractivity contribution is -0.121. The van der Waals surface area contributed by atoms with E-state index in [-0.39, 0.29) is 24.3 Å². The molecule has 2 aromatic rings. The Kier molecular flexibility index (Phi) is 6.20. The Morgan fingerprint density at radius 1 is 1.03 bits per heavy atom. The first-order valence-electron chi connectivity index (χ1n) is 10.6. The summed E-state index contributed by atoms with van der Waals surface area (Å²) in [6.45, 7) is 3.75. The lowest BCUT2D eigenvalue weighted by Crippen LogP contribution is -2.37. The molecule has 6 heteroatoms. The zero-order chi connectivity index (χ0) is 20.1. The zero-order valence-electron chi connectivity index (χ0n) is 16.7. The van der Waals surface area contributed by atoms with Gasteiger partial charge in [-0.15, -0.1) is 0 Å². The van der Waals surface area contributed by atoms with Crippen molar-refractivity contribution in [3.8, 4) is 0 Å². The van der Waals surface area contributed by atoms with Crippen molar-refractivity contribution < 1.29 is 9.59 Å². The van der Waals surface area contributed by atoms with Crippen molar-refractivity contribution in [3.05, 3.63) is 59.9 Å². The Balaban J connectivity index is 1.42. The van der Waals surface area contributed by atoms with E-state index < -0.39 is 0 Å². The van der Waals surface area contributed by atoms with Crippen LogP contribution in [0.2, 0.25) is 0 Å². The molecule has 1 fully saturated rings. The van der Waals surface area contributed by atoms with Crippen LogP contribution in [0.5, 0.6) is 0 Å². The maximum atomic E-state index is 13.0. The van der Waals surface area contributed by atoms with Crippen molar-refractivity contribution >= 4 is 17.5 Å². The topological polar surface area (TPSA) is 65.5 Å². The Labute approximate surface area is 171 Å². The molecule has 1 N–H and O–H groups in total. The van der Waals surface area contributed by atoms with Crippen LogP contribution < -0.4 is 10.2 Å². The van der Waals surface area contributed by atoms with E-state index in [0.717, 1.165) is 25.3 Å². The van der Waals surface area contributed by atoms with Crippen LogP contribution in [0, 0.1) is 0 Å². The van der Waals surface area contributed by atoms with Crippen molar-refractivity contribution in [2.75, 3.05) is 31.1 Å². The largest absolute Gasteiger partial charge is 0.355 e. The number of likely N-dealkylation sites (tertiary alicyclic amines) is 1. The van der Waals surface area contributed by atoms with Crippen LogP contribution in [-0.4, -0.2) is 47.9 Å². The van der Waals surface area contributed by atoms with E-state index in [1.807, 2.05) is 30.3 Å². The molecule has 3 heterocycles. The molecule has 0 bridgehead atoms.